The van der Waals surface area contributed by atoms with Gasteiger partial charge in [0.15, 0.2) is 0 Å². The first-order chi connectivity index (χ1) is 9.33. The molecule has 4 heteroatoms. The van der Waals surface area contributed by atoms with Crippen LogP contribution in [0.15, 0.2) is 0 Å². The van der Waals surface area contributed by atoms with E-state index in [4.69, 9.17) is 4.74 Å². The molecule has 1 amide bonds. The van der Waals surface area contributed by atoms with Crippen molar-refractivity contribution in [2.24, 2.45) is 11.8 Å². The Morgan fingerprint density at radius 2 is 2.16 bits per heavy atom. The van der Waals surface area contributed by atoms with Gasteiger partial charge in [-0.05, 0) is 43.9 Å². The predicted octanol–water partition coefficient (Wildman–Crippen LogP) is 1.45. The molecule has 108 valence electrons. The van der Waals surface area contributed by atoms with E-state index < -0.39 is 0 Å². The van der Waals surface area contributed by atoms with E-state index in [1.54, 1.807) is 0 Å². The zero-order valence-electron chi connectivity index (χ0n) is 11.7. The molecule has 0 aromatic carbocycles. The van der Waals surface area contributed by atoms with Crippen LogP contribution in [-0.2, 0) is 9.53 Å². The minimum atomic E-state index is 0.0629. The largest absolute Gasteiger partial charge is 0.381 e. The van der Waals surface area contributed by atoms with Gasteiger partial charge in [-0.15, -0.1) is 0 Å². The summed E-state index contributed by atoms with van der Waals surface area (Å²) in [5.74, 6) is 1.61. The topological polar surface area (TPSA) is 50.4 Å². The quantitative estimate of drug-likeness (QED) is 0.810. The Morgan fingerprint density at radius 3 is 2.95 bits per heavy atom. The third-order valence-electron chi connectivity index (χ3n) is 5.06. The van der Waals surface area contributed by atoms with Crippen LogP contribution in [0.3, 0.4) is 0 Å². The van der Waals surface area contributed by atoms with Crippen LogP contribution in [0, 0.1) is 11.8 Å². The molecule has 0 bridgehead atoms. The normalized spacial score (nSPS) is 38.1. The van der Waals surface area contributed by atoms with Gasteiger partial charge in [0.1, 0.15) is 0 Å². The summed E-state index contributed by atoms with van der Waals surface area (Å²) < 4.78 is 5.35. The maximum absolute atomic E-state index is 12.2. The van der Waals surface area contributed by atoms with Crippen molar-refractivity contribution in [3.8, 4) is 0 Å². The molecule has 1 saturated carbocycles. The Hall–Kier alpha value is -0.610. The van der Waals surface area contributed by atoms with Crippen molar-refractivity contribution < 1.29 is 9.53 Å². The standard InChI is InChI=1S/C15H26N2O2/c18-15(16-7-5-11-6-8-19-10-11)14-9-12-3-1-2-4-13(12)17-14/h11-14,17H,1-10H2,(H,16,18). The number of carbonyl (C=O) groups excluding carboxylic acids is 1. The molecule has 3 fully saturated rings. The highest BCUT2D eigenvalue weighted by Gasteiger charge is 2.37. The van der Waals surface area contributed by atoms with E-state index in [1.165, 1.54) is 25.7 Å². The molecule has 4 atom stereocenters. The Kier molecular flexibility index (Phi) is 4.38. The Labute approximate surface area is 115 Å². The SMILES string of the molecule is O=C(NCCC1CCOC1)C1CC2CCCCC2N1. The highest BCUT2D eigenvalue weighted by atomic mass is 16.5. The van der Waals surface area contributed by atoms with E-state index in [1.807, 2.05) is 0 Å². The lowest BCUT2D eigenvalue weighted by Gasteiger charge is -2.24. The van der Waals surface area contributed by atoms with Gasteiger partial charge in [0.2, 0.25) is 5.91 Å². The van der Waals surface area contributed by atoms with Crippen molar-refractivity contribution in [2.45, 2.75) is 57.0 Å². The number of nitrogens with one attached hydrogen (secondary N) is 2. The molecule has 19 heavy (non-hydrogen) atoms. The fourth-order valence-electron chi connectivity index (χ4n) is 3.85. The first-order valence-corrected chi connectivity index (χ1v) is 7.94. The van der Waals surface area contributed by atoms with Gasteiger partial charge >= 0.3 is 0 Å². The second-order valence-corrected chi connectivity index (χ2v) is 6.42. The lowest BCUT2D eigenvalue weighted by molar-refractivity contribution is -0.122. The monoisotopic (exact) mass is 266 g/mol. The highest BCUT2D eigenvalue weighted by molar-refractivity contribution is 5.82. The third kappa shape index (κ3) is 3.29. The van der Waals surface area contributed by atoms with Gasteiger partial charge in [-0.3, -0.25) is 4.79 Å². The number of rotatable bonds is 4. The van der Waals surface area contributed by atoms with Crippen LogP contribution in [0.25, 0.3) is 0 Å². The second kappa shape index (κ2) is 6.23. The molecule has 3 rings (SSSR count). The molecule has 2 heterocycles. The zero-order chi connectivity index (χ0) is 13.1. The fraction of sp³-hybridized carbons (Fsp3) is 0.933. The summed E-state index contributed by atoms with van der Waals surface area (Å²) in [4.78, 5) is 12.2. The average molecular weight is 266 g/mol. The maximum Gasteiger partial charge on any atom is 0.237 e. The minimum absolute atomic E-state index is 0.0629. The first kappa shape index (κ1) is 13.4. The van der Waals surface area contributed by atoms with Gasteiger partial charge < -0.3 is 15.4 Å². The smallest absolute Gasteiger partial charge is 0.237 e. The summed E-state index contributed by atoms with van der Waals surface area (Å²) in [5.41, 5.74) is 0. The fourth-order valence-corrected chi connectivity index (χ4v) is 3.85. The Morgan fingerprint density at radius 1 is 1.26 bits per heavy atom. The van der Waals surface area contributed by atoms with Crippen LogP contribution in [-0.4, -0.2) is 37.7 Å². The molecule has 0 aromatic rings. The summed E-state index contributed by atoms with van der Waals surface area (Å²) in [5, 5.41) is 6.64. The summed E-state index contributed by atoms with van der Waals surface area (Å²) in [6, 6.07) is 0.667. The number of hydrogen-bond donors (Lipinski definition) is 2. The predicted molar refractivity (Wildman–Crippen MR) is 73.8 cm³/mol. The van der Waals surface area contributed by atoms with Crippen molar-refractivity contribution in [3.63, 3.8) is 0 Å². The van der Waals surface area contributed by atoms with Gasteiger partial charge in [-0.25, -0.2) is 0 Å². The molecule has 4 nitrogen and oxygen atoms in total. The second-order valence-electron chi connectivity index (χ2n) is 6.42. The van der Waals surface area contributed by atoms with E-state index in [-0.39, 0.29) is 11.9 Å². The van der Waals surface area contributed by atoms with Crippen LogP contribution in [0.4, 0.5) is 0 Å². The molecule has 0 radical (unpaired) electrons. The molecule has 0 spiro atoms. The minimum Gasteiger partial charge on any atom is -0.381 e. The average Bonchev–Trinajstić information content (AvgIpc) is 3.07. The summed E-state index contributed by atoms with van der Waals surface area (Å²) >= 11 is 0. The Balaban J connectivity index is 1.38. The number of ether oxygens (including phenoxy) is 1. The third-order valence-corrected chi connectivity index (χ3v) is 5.06. The van der Waals surface area contributed by atoms with E-state index in [2.05, 4.69) is 10.6 Å². The van der Waals surface area contributed by atoms with Gasteiger partial charge in [0.25, 0.3) is 0 Å². The summed E-state index contributed by atoms with van der Waals surface area (Å²) in [6.07, 6.45) is 8.49. The number of carbonyl (C=O) groups is 1. The van der Waals surface area contributed by atoms with Gasteiger partial charge in [0.05, 0.1) is 6.04 Å². The van der Waals surface area contributed by atoms with Gasteiger partial charge in [0, 0.05) is 25.8 Å². The van der Waals surface area contributed by atoms with Crippen LogP contribution in [0.1, 0.15) is 44.9 Å². The summed E-state index contributed by atoms with van der Waals surface area (Å²) in [7, 11) is 0. The van der Waals surface area contributed by atoms with Crippen LogP contribution < -0.4 is 10.6 Å². The van der Waals surface area contributed by atoms with Crippen molar-refractivity contribution in [1.29, 1.82) is 0 Å². The van der Waals surface area contributed by atoms with E-state index in [0.717, 1.165) is 44.9 Å². The highest BCUT2D eigenvalue weighted by Crippen LogP contribution is 2.33. The lowest BCUT2D eigenvalue weighted by Crippen LogP contribution is -2.43. The van der Waals surface area contributed by atoms with Crippen molar-refractivity contribution in [3.05, 3.63) is 0 Å². The molecule has 1 aliphatic carbocycles. The zero-order valence-corrected chi connectivity index (χ0v) is 11.7. The van der Waals surface area contributed by atoms with Crippen LogP contribution in [0.2, 0.25) is 0 Å². The van der Waals surface area contributed by atoms with Crippen molar-refractivity contribution in [2.75, 3.05) is 19.8 Å². The van der Waals surface area contributed by atoms with E-state index in [9.17, 15) is 4.79 Å². The maximum atomic E-state index is 12.2. The molecule has 2 saturated heterocycles. The molecule has 2 N–H and O–H groups in total. The molecular formula is C15H26N2O2. The van der Waals surface area contributed by atoms with Crippen LogP contribution >= 0.6 is 0 Å². The van der Waals surface area contributed by atoms with E-state index in [0.29, 0.717) is 12.0 Å². The van der Waals surface area contributed by atoms with Crippen molar-refractivity contribution in [1.82, 2.24) is 10.6 Å². The van der Waals surface area contributed by atoms with E-state index >= 15 is 0 Å². The molecule has 4 unspecified atom stereocenters. The summed E-state index contributed by atoms with van der Waals surface area (Å²) in [6.45, 7) is 2.58. The number of fused-ring (bicyclic) bond motifs is 1. The Bertz CT molecular complexity index is 301. The molecule has 0 aromatic heterocycles. The first-order valence-electron chi connectivity index (χ1n) is 7.94. The lowest BCUT2D eigenvalue weighted by atomic mass is 9.85. The van der Waals surface area contributed by atoms with Gasteiger partial charge in [-0.1, -0.05) is 12.8 Å². The molecular weight excluding hydrogens is 240 g/mol. The van der Waals surface area contributed by atoms with Crippen molar-refractivity contribution >= 4 is 5.91 Å². The van der Waals surface area contributed by atoms with Crippen LogP contribution in [0.5, 0.6) is 0 Å². The van der Waals surface area contributed by atoms with Gasteiger partial charge in [-0.2, -0.15) is 0 Å². The number of hydrogen-bond acceptors (Lipinski definition) is 3. The number of amides is 1. The molecule has 2 aliphatic heterocycles. The molecule has 3 aliphatic rings.